The summed E-state index contributed by atoms with van der Waals surface area (Å²) in [6.07, 6.45) is 7.10. The fraction of sp³-hybridized carbons (Fsp3) is 0.320. The van der Waals surface area contributed by atoms with Gasteiger partial charge in [-0.1, -0.05) is 42.5 Å². The summed E-state index contributed by atoms with van der Waals surface area (Å²) in [4.78, 5) is 25.9. The van der Waals surface area contributed by atoms with Crippen molar-refractivity contribution in [2.45, 2.75) is 13.0 Å². The Kier molecular flexibility index (Phi) is 3.91. The molecule has 1 aliphatic heterocycles. The normalized spacial score (nSPS) is 33.1. The van der Waals surface area contributed by atoms with E-state index in [2.05, 4.69) is 17.3 Å². The number of rotatable bonds is 5. The summed E-state index contributed by atoms with van der Waals surface area (Å²) < 4.78 is 5.80. The number of carbonyl (C=O) groups excluding carboxylic acids is 2. The predicted molar refractivity (Wildman–Crippen MR) is 111 cm³/mol. The minimum atomic E-state index is -0.206. The molecule has 0 unspecified atom stereocenters. The summed E-state index contributed by atoms with van der Waals surface area (Å²) in [5.74, 6) is 1.74. The lowest BCUT2D eigenvalue weighted by Crippen LogP contribution is -2.40. The van der Waals surface area contributed by atoms with Crippen molar-refractivity contribution in [3.63, 3.8) is 0 Å². The molecule has 5 aliphatic rings. The molecule has 150 valence electrons. The second kappa shape index (κ2) is 6.66. The van der Waals surface area contributed by atoms with Crippen molar-refractivity contribution in [3.8, 4) is 5.75 Å². The van der Waals surface area contributed by atoms with Crippen LogP contribution in [0, 0.1) is 35.5 Å². The first kappa shape index (κ1) is 17.6. The Labute approximate surface area is 175 Å². The van der Waals surface area contributed by atoms with E-state index >= 15 is 0 Å². The molecule has 2 amide bonds. The molecule has 4 aliphatic carbocycles. The van der Waals surface area contributed by atoms with Gasteiger partial charge in [-0.2, -0.15) is 10.1 Å². The zero-order valence-corrected chi connectivity index (χ0v) is 16.4. The molecular formula is C25H22N2O3. The van der Waals surface area contributed by atoms with Crippen LogP contribution in [-0.4, -0.2) is 23.0 Å². The molecule has 2 bridgehead atoms. The highest BCUT2D eigenvalue weighted by molar-refractivity contribution is 6.06. The lowest BCUT2D eigenvalue weighted by molar-refractivity contribution is -0.140. The fourth-order valence-electron chi connectivity index (χ4n) is 5.57. The molecule has 0 N–H and O–H groups in total. The van der Waals surface area contributed by atoms with Gasteiger partial charge in [0.1, 0.15) is 12.4 Å². The van der Waals surface area contributed by atoms with Crippen LogP contribution in [0.15, 0.2) is 71.9 Å². The van der Waals surface area contributed by atoms with Crippen molar-refractivity contribution in [2.75, 3.05) is 0 Å². The number of nitrogens with zero attached hydrogens (tertiary/aromatic N) is 2. The van der Waals surface area contributed by atoms with Crippen LogP contribution in [0.5, 0.6) is 5.75 Å². The number of amides is 2. The van der Waals surface area contributed by atoms with Crippen molar-refractivity contribution < 1.29 is 14.3 Å². The summed E-state index contributed by atoms with van der Waals surface area (Å²) in [7, 11) is 0. The maximum atomic E-state index is 12.9. The number of benzene rings is 2. The molecule has 1 saturated heterocycles. The molecule has 2 aromatic carbocycles. The smallest absolute Gasteiger partial charge is 0.254 e. The Hall–Kier alpha value is -3.21. The highest BCUT2D eigenvalue weighted by atomic mass is 16.5. The Balaban J connectivity index is 1.13. The summed E-state index contributed by atoms with van der Waals surface area (Å²) >= 11 is 0. The lowest BCUT2D eigenvalue weighted by atomic mass is 9.63. The van der Waals surface area contributed by atoms with Crippen molar-refractivity contribution in [1.29, 1.82) is 0 Å². The molecule has 2 aromatic rings. The van der Waals surface area contributed by atoms with E-state index in [0.717, 1.165) is 28.3 Å². The largest absolute Gasteiger partial charge is 0.489 e. The van der Waals surface area contributed by atoms with Crippen molar-refractivity contribution in [1.82, 2.24) is 5.01 Å². The number of carbonyl (C=O) groups is 2. The third-order valence-corrected chi connectivity index (χ3v) is 7.09. The minimum Gasteiger partial charge on any atom is -0.489 e. The zero-order valence-electron chi connectivity index (χ0n) is 16.4. The molecule has 6 atom stereocenters. The summed E-state index contributed by atoms with van der Waals surface area (Å²) in [6, 6.07) is 17.5. The van der Waals surface area contributed by atoms with E-state index in [1.807, 2.05) is 54.6 Å². The Bertz CT molecular complexity index is 1020. The van der Waals surface area contributed by atoms with Crippen molar-refractivity contribution >= 4 is 18.0 Å². The first-order valence-corrected chi connectivity index (χ1v) is 10.6. The lowest BCUT2D eigenvalue weighted by Gasteiger charge is -2.37. The second-order valence-corrected chi connectivity index (χ2v) is 8.73. The van der Waals surface area contributed by atoms with Gasteiger partial charge in [0.15, 0.2) is 0 Å². The van der Waals surface area contributed by atoms with E-state index in [4.69, 9.17) is 4.74 Å². The van der Waals surface area contributed by atoms with Crippen LogP contribution in [-0.2, 0) is 16.2 Å². The van der Waals surface area contributed by atoms with Gasteiger partial charge >= 0.3 is 0 Å². The van der Waals surface area contributed by atoms with Crippen LogP contribution < -0.4 is 4.74 Å². The van der Waals surface area contributed by atoms with Gasteiger partial charge in [0, 0.05) is 0 Å². The van der Waals surface area contributed by atoms with E-state index in [1.54, 1.807) is 6.21 Å². The summed E-state index contributed by atoms with van der Waals surface area (Å²) in [6.45, 7) is 0.506. The van der Waals surface area contributed by atoms with E-state index in [-0.39, 0.29) is 35.5 Å². The maximum Gasteiger partial charge on any atom is 0.254 e. The monoisotopic (exact) mass is 398 g/mol. The van der Waals surface area contributed by atoms with Gasteiger partial charge in [-0.15, -0.1) is 0 Å². The van der Waals surface area contributed by atoms with Crippen LogP contribution >= 0.6 is 0 Å². The molecule has 0 spiro atoms. The Morgan fingerprint density at radius 3 is 2.17 bits per heavy atom. The average molecular weight is 398 g/mol. The molecule has 0 radical (unpaired) electrons. The molecular weight excluding hydrogens is 376 g/mol. The molecule has 5 nitrogen and oxygen atoms in total. The SMILES string of the molecule is O=C1[C@@H]2[C@H]3C=C[C@@H]([C@@H]4C[C@@H]34)[C@H]2C(=O)N1/N=C\c1ccc(OCc2ccccc2)cc1. The molecule has 0 aromatic heterocycles. The van der Waals surface area contributed by atoms with E-state index in [9.17, 15) is 9.59 Å². The summed E-state index contributed by atoms with van der Waals surface area (Å²) in [5.41, 5.74) is 1.93. The molecule has 3 fully saturated rings. The number of allylic oxidation sites excluding steroid dienone is 2. The zero-order chi connectivity index (χ0) is 20.2. The fourth-order valence-corrected chi connectivity index (χ4v) is 5.57. The number of imide groups is 1. The Morgan fingerprint density at radius 1 is 0.900 bits per heavy atom. The van der Waals surface area contributed by atoms with E-state index in [0.29, 0.717) is 18.4 Å². The van der Waals surface area contributed by atoms with Gasteiger partial charge in [0.05, 0.1) is 18.1 Å². The maximum absolute atomic E-state index is 12.9. The first-order valence-electron chi connectivity index (χ1n) is 10.6. The average Bonchev–Trinajstić information content (AvgIpc) is 3.57. The number of hydrogen-bond donors (Lipinski definition) is 0. The van der Waals surface area contributed by atoms with Gasteiger partial charge in [0.2, 0.25) is 0 Å². The highest BCUT2D eigenvalue weighted by Crippen LogP contribution is 2.65. The quantitative estimate of drug-likeness (QED) is 0.439. The van der Waals surface area contributed by atoms with E-state index < -0.39 is 0 Å². The van der Waals surface area contributed by atoms with E-state index in [1.165, 1.54) is 0 Å². The highest BCUT2D eigenvalue weighted by Gasteiger charge is 2.67. The number of hydrazone groups is 1. The van der Waals surface area contributed by atoms with Crippen molar-refractivity contribution in [3.05, 3.63) is 77.9 Å². The predicted octanol–water partition coefficient (Wildman–Crippen LogP) is 3.65. The third kappa shape index (κ3) is 2.72. The van der Waals surface area contributed by atoms with Gasteiger partial charge in [-0.25, -0.2) is 0 Å². The standard InChI is InChI=1S/C25H22N2O3/c28-24-22-18-10-11-19(21-12-20(18)21)23(22)25(29)27(24)26-13-15-6-8-17(9-7-15)30-14-16-4-2-1-3-5-16/h1-11,13,18-23H,12,14H2/b26-13-/t18-,19-,20-,21-,22+,23+/m0/s1. The molecule has 1 heterocycles. The molecule has 2 saturated carbocycles. The van der Waals surface area contributed by atoms with Crippen LogP contribution in [0.4, 0.5) is 0 Å². The topological polar surface area (TPSA) is 59.0 Å². The van der Waals surface area contributed by atoms with Gasteiger partial charge < -0.3 is 4.74 Å². The van der Waals surface area contributed by atoms with Gasteiger partial charge in [-0.05, 0) is 65.5 Å². The van der Waals surface area contributed by atoms with Crippen molar-refractivity contribution in [2.24, 2.45) is 40.6 Å². The van der Waals surface area contributed by atoms with Crippen LogP contribution in [0.25, 0.3) is 0 Å². The Morgan fingerprint density at radius 2 is 1.53 bits per heavy atom. The minimum absolute atomic E-state index is 0.131. The molecule has 5 heteroatoms. The van der Waals surface area contributed by atoms with Crippen LogP contribution in [0.2, 0.25) is 0 Å². The number of ether oxygens (including phenoxy) is 1. The first-order chi connectivity index (χ1) is 14.7. The van der Waals surface area contributed by atoms with Crippen LogP contribution in [0.1, 0.15) is 17.5 Å². The molecule has 30 heavy (non-hydrogen) atoms. The van der Waals surface area contributed by atoms with Gasteiger partial charge in [-0.3, -0.25) is 9.59 Å². The summed E-state index contributed by atoms with van der Waals surface area (Å²) in [5, 5.41) is 5.40. The number of hydrogen-bond acceptors (Lipinski definition) is 4. The third-order valence-electron chi connectivity index (χ3n) is 7.09. The van der Waals surface area contributed by atoms with Crippen LogP contribution in [0.3, 0.4) is 0 Å². The van der Waals surface area contributed by atoms with Gasteiger partial charge in [0.25, 0.3) is 11.8 Å². The molecule has 7 rings (SSSR count). The second-order valence-electron chi connectivity index (χ2n) is 8.73.